The molecule has 1 amide bonds. The lowest BCUT2D eigenvalue weighted by atomic mass is 9.81. The molecule has 0 saturated heterocycles. The Bertz CT molecular complexity index is 752. The number of ether oxygens (including phenoxy) is 1. The van der Waals surface area contributed by atoms with Gasteiger partial charge in [-0.15, -0.1) is 0 Å². The maximum Gasteiger partial charge on any atom is 0.422 e. The molecule has 0 bridgehead atoms. The SMILES string of the molecule is O=C(NC1(c2cc(Cl)cc(OCC(F)(F)F)c2)CC1)C1CCC(C(F)(F)F)CC1. The molecule has 0 radical (unpaired) electrons. The first-order valence-electron chi connectivity index (χ1n) is 9.27. The molecular weight excluding hydrogens is 424 g/mol. The lowest BCUT2D eigenvalue weighted by molar-refractivity contribution is -0.184. The van der Waals surface area contributed by atoms with Gasteiger partial charge in [0.15, 0.2) is 6.61 Å². The van der Waals surface area contributed by atoms with Crippen LogP contribution in [0.15, 0.2) is 18.2 Å². The number of benzene rings is 1. The fourth-order valence-electron chi connectivity index (χ4n) is 3.72. The summed E-state index contributed by atoms with van der Waals surface area (Å²) < 4.78 is 80.3. The molecule has 1 N–H and O–H groups in total. The molecule has 2 aliphatic carbocycles. The van der Waals surface area contributed by atoms with Gasteiger partial charge in [0.25, 0.3) is 0 Å². The Balaban J connectivity index is 1.64. The third-order valence-corrected chi connectivity index (χ3v) is 5.72. The number of nitrogens with one attached hydrogen (secondary N) is 1. The molecule has 162 valence electrons. The average Bonchev–Trinajstić information content (AvgIpc) is 3.39. The van der Waals surface area contributed by atoms with Crippen molar-refractivity contribution < 1.29 is 35.9 Å². The summed E-state index contributed by atoms with van der Waals surface area (Å²) in [5.41, 5.74) is -0.237. The van der Waals surface area contributed by atoms with E-state index >= 15 is 0 Å². The van der Waals surface area contributed by atoms with Crippen LogP contribution >= 0.6 is 11.6 Å². The van der Waals surface area contributed by atoms with Crippen molar-refractivity contribution >= 4 is 17.5 Å². The van der Waals surface area contributed by atoms with E-state index < -0.39 is 36.3 Å². The second-order valence-electron chi connectivity index (χ2n) is 7.74. The highest BCUT2D eigenvalue weighted by Gasteiger charge is 2.48. The molecule has 0 aromatic heterocycles. The maximum atomic E-state index is 12.8. The smallest absolute Gasteiger partial charge is 0.422 e. The van der Waals surface area contributed by atoms with Gasteiger partial charge >= 0.3 is 12.4 Å². The first-order chi connectivity index (χ1) is 13.4. The van der Waals surface area contributed by atoms with Crippen LogP contribution in [0.25, 0.3) is 0 Å². The van der Waals surface area contributed by atoms with Crippen molar-refractivity contribution in [2.24, 2.45) is 11.8 Å². The molecule has 0 unspecified atom stereocenters. The zero-order valence-corrected chi connectivity index (χ0v) is 16.1. The highest BCUT2D eigenvalue weighted by atomic mass is 35.5. The molecule has 2 saturated carbocycles. The van der Waals surface area contributed by atoms with E-state index in [-0.39, 0.29) is 42.4 Å². The first-order valence-corrected chi connectivity index (χ1v) is 9.65. The van der Waals surface area contributed by atoms with Gasteiger partial charge < -0.3 is 10.1 Å². The molecule has 2 fully saturated rings. The molecule has 29 heavy (non-hydrogen) atoms. The standard InChI is InChI=1S/C19H20ClF6NO2/c20-14-7-13(8-15(9-14)29-10-18(21,22)23)17(5-6-17)27-16(28)11-1-3-12(4-2-11)19(24,25)26/h7-9,11-12H,1-6,10H2,(H,27,28). The lowest BCUT2D eigenvalue weighted by Gasteiger charge is -2.30. The molecule has 1 aromatic carbocycles. The van der Waals surface area contributed by atoms with Crippen LogP contribution in [0.4, 0.5) is 26.3 Å². The molecule has 2 aliphatic rings. The van der Waals surface area contributed by atoms with Crippen molar-refractivity contribution in [3.8, 4) is 5.75 Å². The first kappa shape index (κ1) is 22.1. The Kier molecular flexibility index (Phi) is 6.00. The minimum Gasteiger partial charge on any atom is -0.484 e. The van der Waals surface area contributed by atoms with E-state index in [1.54, 1.807) is 6.07 Å². The molecule has 3 rings (SSSR count). The third-order valence-electron chi connectivity index (χ3n) is 5.50. The van der Waals surface area contributed by atoms with Crippen LogP contribution in [-0.4, -0.2) is 24.9 Å². The second kappa shape index (κ2) is 7.89. The molecule has 0 spiro atoms. The summed E-state index contributed by atoms with van der Waals surface area (Å²) in [5.74, 6) is -2.27. The number of hydrogen-bond donors (Lipinski definition) is 1. The van der Waals surface area contributed by atoms with Gasteiger partial charge in [0.1, 0.15) is 5.75 Å². The Morgan fingerprint density at radius 2 is 1.69 bits per heavy atom. The Labute approximate surface area is 168 Å². The number of rotatable bonds is 5. The van der Waals surface area contributed by atoms with Gasteiger partial charge in [-0.3, -0.25) is 4.79 Å². The largest absolute Gasteiger partial charge is 0.484 e. The number of halogens is 7. The van der Waals surface area contributed by atoms with Gasteiger partial charge in [-0.25, -0.2) is 0 Å². The summed E-state index contributed by atoms with van der Waals surface area (Å²) in [6.07, 6.45) is -7.47. The summed E-state index contributed by atoms with van der Waals surface area (Å²) >= 11 is 6.00. The average molecular weight is 444 g/mol. The van der Waals surface area contributed by atoms with Crippen LogP contribution in [0.5, 0.6) is 5.75 Å². The van der Waals surface area contributed by atoms with Gasteiger partial charge in [0, 0.05) is 10.9 Å². The van der Waals surface area contributed by atoms with Crippen molar-refractivity contribution in [2.45, 2.75) is 56.4 Å². The van der Waals surface area contributed by atoms with E-state index in [2.05, 4.69) is 5.32 Å². The number of carbonyl (C=O) groups is 1. The van der Waals surface area contributed by atoms with Gasteiger partial charge in [-0.2, -0.15) is 26.3 Å². The van der Waals surface area contributed by atoms with Crippen LogP contribution in [0, 0.1) is 11.8 Å². The molecular formula is C19H20ClF6NO2. The number of hydrogen-bond acceptors (Lipinski definition) is 2. The highest BCUT2D eigenvalue weighted by molar-refractivity contribution is 6.30. The molecule has 1 aromatic rings. The normalized spacial score (nSPS) is 24.1. The van der Waals surface area contributed by atoms with Crippen LogP contribution in [0.3, 0.4) is 0 Å². The van der Waals surface area contributed by atoms with Crippen LogP contribution in [0.1, 0.15) is 44.1 Å². The third kappa shape index (κ3) is 5.71. The predicted octanol–water partition coefficient (Wildman–Crippen LogP) is 5.76. The van der Waals surface area contributed by atoms with E-state index in [1.165, 1.54) is 12.1 Å². The minimum atomic E-state index is -4.50. The Hall–Kier alpha value is -1.64. The van der Waals surface area contributed by atoms with Crippen LogP contribution in [0.2, 0.25) is 5.02 Å². The van der Waals surface area contributed by atoms with Crippen molar-refractivity contribution in [1.29, 1.82) is 0 Å². The number of amides is 1. The lowest BCUT2D eigenvalue weighted by Crippen LogP contribution is -2.41. The van der Waals surface area contributed by atoms with Crippen molar-refractivity contribution in [3.05, 3.63) is 28.8 Å². The van der Waals surface area contributed by atoms with Gasteiger partial charge in [-0.1, -0.05) is 11.6 Å². The van der Waals surface area contributed by atoms with Gasteiger partial charge in [0.05, 0.1) is 11.5 Å². The molecule has 0 atom stereocenters. The molecule has 3 nitrogen and oxygen atoms in total. The minimum absolute atomic E-state index is 0.0592. The zero-order chi connectivity index (χ0) is 21.4. The fourth-order valence-corrected chi connectivity index (χ4v) is 3.94. The summed E-state index contributed by atoms with van der Waals surface area (Å²) in [5, 5.41) is 3.05. The Morgan fingerprint density at radius 1 is 1.07 bits per heavy atom. The quantitative estimate of drug-likeness (QED) is 0.588. The summed E-state index contributed by atoms with van der Waals surface area (Å²) in [7, 11) is 0. The molecule has 0 heterocycles. The number of carbonyl (C=O) groups excluding carboxylic acids is 1. The van der Waals surface area contributed by atoms with Gasteiger partial charge in [0.2, 0.25) is 5.91 Å². The zero-order valence-electron chi connectivity index (χ0n) is 15.3. The molecule has 10 heteroatoms. The van der Waals surface area contributed by atoms with Crippen molar-refractivity contribution in [3.63, 3.8) is 0 Å². The summed E-state index contributed by atoms with van der Waals surface area (Å²) in [6.45, 7) is -1.46. The highest BCUT2D eigenvalue weighted by Crippen LogP contribution is 2.48. The van der Waals surface area contributed by atoms with Crippen molar-refractivity contribution in [1.82, 2.24) is 5.32 Å². The van der Waals surface area contributed by atoms with Crippen molar-refractivity contribution in [2.75, 3.05) is 6.61 Å². The topological polar surface area (TPSA) is 38.3 Å². The van der Waals surface area contributed by atoms with E-state index in [0.717, 1.165) is 0 Å². The van der Waals surface area contributed by atoms with E-state index in [4.69, 9.17) is 16.3 Å². The Morgan fingerprint density at radius 3 is 2.21 bits per heavy atom. The summed E-state index contributed by atoms with van der Waals surface area (Å²) in [4.78, 5) is 12.6. The van der Waals surface area contributed by atoms with E-state index in [1.807, 2.05) is 0 Å². The predicted molar refractivity (Wildman–Crippen MR) is 93.6 cm³/mol. The number of alkyl halides is 6. The molecule has 0 aliphatic heterocycles. The van der Waals surface area contributed by atoms with Crippen LogP contribution in [-0.2, 0) is 10.3 Å². The second-order valence-corrected chi connectivity index (χ2v) is 8.18. The fraction of sp³-hybridized carbons (Fsp3) is 0.632. The van der Waals surface area contributed by atoms with Crippen LogP contribution < -0.4 is 10.1 Å². The van der Waals surface area contributed by atoms with Gasteiger partial charge in [-0.05, 0) is 62.3 Å². The summed E-state index contributed by atoms with van der Waals surface area (Å²) in [6, 6.07) is 4.22. The monoisotopic (exact) mass is 443 g/mol. The van der Waals surface area contributed by atoms with E-state index in [0.29, 0.717) is 18.4 Å². The maximum absolute atomic E-state index is 12.8. The van der Waals surface area contributed by atoms with E-state index in [9.17, 15) is 31.1 Å².